The number of benzene rings is 3. The van der Waals surface area contributed by atoms with Crippen LogP contribution in [-0.2, 0) is 11.2 Å². The lowest BCUT2D eigenvalue weighted by Gasteiger charge is -2.27. The number of nitrogens with one attached hydrogen (secondary N) is 1. The van der Waals surface area contributed by atoms with Crippen LogP contribution in [0.2, 0.25) is 5.02 Å². The highest BCUT2D eigenvalue weighted by Crippen LogP contribution is 2.32. The second kappa shape index (κ2) is 8.71. The lowest BCUT2D eigenvalue weighted by atomic mass is 9.87. The minimum absolute atomic E-state index is 0.0365. The van der Waals surface area contributed by atoms with Crippen molar-refractivity contribution < 1.29 is 9.53 Å². The number of fused-ring (bicyclic) bond motifs is 1. The van der Waals surface area contributed by atoms with Crippen LogP contribution in [-0.4, -0.2) is 12.0 Å². The Bertz CT molecular complexity index is 1000. The molecule has 1 amide bonds. The van der Waals surface area contributed by atoms with Crippen LogP contribution in [0.25, 0.3) is 11.1 Å². The number of carbonyl (C=O) groups excluding carboxylic acids is 1. The molecule has 0 saturated carbocycles. The van der Waals surface area contributed by atoms with E-state index in [1.165, 1.54) is 11.1 Å². The average Bonchev–Trinajstić information content (AvgIpc) is 2.76. The molecule has 4 rings (SSSR count). The van der Waals surface area contributed by atoms with E-state index in [4.69, 9.17) is 16.3 Å². The van der Waals surface area contributed by atoms with Gasteiger partial charge in [-0.25, -0.2) is 0 Å². The highest BCUT2D eigenvalue weighted by Gasteiger charge is 2.24. The van der Waals surface area contributed by atoms with Gasteiger partial charge in [-0.2, -0.15) is 0 Å². The second-order valence-electron chi connectivity index (χ2n) is 7.42. The van der Waals surface area contributed by atoms with Gasteiger partial charge in [0, 0.05) is 0 Å². The third-order valence-corrected chi connectivity index (χ3v) is 5.69. The van der Waals surface area contributed by atoms with E-state index in [0.29, 0.717) is 10.8 Å². The third-order valence-electron chi connectivity index (χ3n) is 5.40. The van der Waals surface area contributed by atoms with Gasteiger partial charge in [0.1, 0.15) is 5.75 Å². The Morgan fingerprint density at radius 2 is 1.79 bits per heavy atom. The number of rotatable bonds is 5. The predicted molar refractivity (Wildman–Crippen MR) is 117 cm³/mol. The van der Waals surface area contributed by atoms with Gasteiger partial charge in [-0.05, 0) is 60.6 Å². The molecular formula is C25H24ClNO2. The molecule has 0 spiro atoms. The van der Waals surface area contributed by atoms with Crippen LogP contribution in [0.1, 0.15) is 36.9 Å². The molecule has 0 unspecified atom stereocenters. The van der Waals surface area contributed by atoms with Crippen LogP contribution in [0.4, 0.5) is 0 Å². The van der Waals surface area contributed by atoms with E-state index < -0.39 is 6.10 Å². The SMILES string of the molecule is C[C@H](Oc1ccc(-c2ccccc2)cc1Cl)C(=O)N[C@@H]1CCCc2ccccc21. The van der Waals surface area contributed by atoms with Crippen molar-refractivity contribution >= 4 is 17.5 Å². The van der Waals surface area contributed by atoms with Crippen molar-refractivity contribution in [1.29, 1.82) is 0 Å². The fraction of sp³-hybridized carbons (Fsp3) is 0.240. The first kappa shape index (κ1) is 19.5. The third kappa shape index (κ3) is 4.46. The summed E-state index contributed by atoms with van der Waals surface area (Å²) in [5.74, 6) is 0.382. The van der Waals surface area contributed by atoms with E-state index in [2.05, 4.69) is 23.5 Å². The summed E-state index contributed by atoms with van der Waals surface area (Å²) in [5.41, 5.74) is 4.63. The number of carbonyl (C=O) groups is 1. The summed E-state index contributed by atoms with van der Waals surface area (Å²) in [4.78, 5) is 12.7. The first-order valence-corrected chi connectivity index (χ1v) is 10.4. The molecule has 2 atom stereocenters. The van der Waals surface area contributed by atoms with E-state index in [1.807, 2.05) is 54.6 Å². The van der Waals surface area contributed by atoms with Gasteiger partial charge in [0.2, 0.25) is 0 Å². The van der Waals surface area contributed by atoms with Crippen LogP contribution in [0.3, 0.4) is 0 Å². The van der Waals surface area contributed by atoms with Gasteiger partial charge in [0.25, 0.3) is 5.91 Å². The zero-order valence-corrected chi connectivity index (χ0v) is 17.2. The Morgan fingerprint density at radius 1 is 1.03 bits per heavy atom. The minimum atomic E-state index is -0.635. The van der Waals surface area contributed by atoms with Gasteiger partial charge in [0.15, 0.2) is 6.10 Å². The Kier molecular flexibility index (Phi) is 5.86. The van der Waals surface area contributed by atoms with Gasteiger partial charge >= 0.3 is 0 Å². The molecule has 0 saturated heterocycles. The summed E-state index contributed by atoms with van der Waals surface area (Å²) in [6.07, 6.45) is 2.45. The highest BCUT2D eigenvalue weighted by atomic mass is 35.5. The maximum Gasteiger partial charge on any atom is 0.261 e. The predicted octanol–water partition coefficient (Wildman–Crippen LogP) is 5.97. The van der Waals surface area contributed by atoms with Crippen molar-refractivity contribution in [2.24, 2.45) is 0 Å². The smallest absolute Gasteiger partial charge is 0.261 e. The fourth-order valence-electron chi connectivity index (χ4n) is 3.84. The van der Waals surface area contributed by atoms with E-state index >= 15 is 0 Å². The number of halogens is 1. The van der Waals surface area contributed by atoms with Gasteiger partial charge in [-0.1, -0.05) is 72.3 Å². The molecule has 1 aliphatic rings. The lowest BCUT2D eigenvalue weighted by molar-refractivity contribution is -0.128. The Labute approximate surface area is 176 Å². The van der Waals surface area contributed by atoms with E-state index in [0.717, 1.165) is 30.4 Å². The molecule has 1 aliphatic carbocycles. The quantitative estimate of drug-likeness (QED) is 0.568. The average molecular weight is 406 g/mol. The molecule has 1 N–H and O–H groups in total. The maximum absolute atomic E-state index is 12.7. The standard InChI is InChI=1S/C25H24ClNO2/c1-17(25(28)27-23-13-7-11-19-10-5-6-12-21(19)23)29-24-15-14-20(16-22(24)26)18-8-3-2-4-9-18/h2-6,8-10,12,14-17,23H,7,11,13H2,1H3,(H,27,28)/t17-,23+/m0/s1. The summed E-state index contributed by atoms with van der Waals surface area (Å²) in [5, 5.41) is 3.64. The normalized spacial score (nSPS) is 16.6. The number of hydrogen-bond donors (Lipinski definition) is 1. The largest absolute Gasteiger partial charge is 0.479 e. The Morgan fingerprint density at radius 3 is 2.59 bits per heavy atom. The van der Waals surface area contributed by atoms with E-state index in [1.54, 1.807) is 6.92 Å². The van der Waals surface area contributed by atoms with Crippen molar-refractivity contribution in [3.05, 3.63) is 88.9 Å². The number of aryl methyl sites for hydroxylation is 1. The number of ether oxygens (including phenoxy) is 1. The molecular weight excluding hydrogens is 382 g/mol. The van der Waals surface area contributed by atoms with Gasteiger partial charge in [-0.15, -0.1) is 0 Å². The molecule has 0 radical (unpaired) electrons. The Hall–Kier alpha value is -2.78. The van der Waals surface area contributed by atoms with Gasteiger partial charge < -0.3 is 10.1 Å². The molecule has 3 aromatic carbocycles. The molecule has 148 valence electrons. The molecule has 0 fully saturated rings. The molecule has 3 nitrogen and oxygen atoms in total. The monoisotopic (exact) mass is 405 g/mol. The van der Waals surface area contributed by atoms with Crippen LogP contribution >= 0.6 is 11.6 Å². The summed E-state index contributed by atoms with van der Waals surface area (Å²) in [6.45, 7) is 1.76. The summed E-state index contributed by atoms with van der Waals surface area (Å²) in [7, 11) is 0. The van der Waals surface area contributed by atoms with Crippen molar-refractivity contribution in [2.75, 3.05) is 0 Å². The highest BCUT2D eigenvalue weighted by molar-refractivity contribution is 6.32. The topological polar surface area (TPSA) is 38.3 Å². The Balaban J connectivity index is 1.43. The molecule has 0 bridgehead atoms. The zero-order chi connectivity index (χ0) is 20.2. The van der Waals surface area contributed by atoms with Crippen molar-refractivity contribution in [1.82, 2.24) is 5.32 Å². The first-order chi connectivity index (χ1) is 14.1. The molecule has 0 aromatic heterocycles. The molecule has 4 heteroatoms. The second-order valence-corrected chi connectivity index (χ2v) is 7.83. The van der Waals surface area contributed by atoms with Crippen molar-refractivity contribution in [3.63, 3.8) is 0 Å². The molecule has 3 aromatic rings. The van der Waals surface area contributed by atoms with E-state index in [-0.39, 0.29) is 11.9 Å². The van der Waals surface area contributed by atoms with Crippen LogP contribution in [0, 0.1) is 0 Å². The zero-order valence-electron chi connectivity index (χ0n) is 16.4. The molecule has 0 aliphatic heterocycles. The minimum Gasteiger partial charge on any atom is -0.479 e. The molecule has 0 heterocycles. The van der Waals surface area contributed by atoms with Crippen LogP contribution < -0.4 is 10.1 Å². The number of amides is 1. The summed E-state index contributed by atoms with van der Waals surface area (Å²) in [6, 6.07) is 24.0. The first-order valence-electron chi connectivity index (χ1n) is 10.0. The van der Waals surface area contributed by atoms with Crippen LogP contribution in [0.15, 0.2) is 72.8 Å². The summed E-state index contributed by atoms with van der Waals surface area (Å²) >= 11 is 6.43. The van der Waals surface area contributed by atoms with E-state index in [9.17, 15) is 4.79 Å². The van der Waals surface area contributed by atoms with Crippen molar-refractivity contribution in [2.45, 2.75) is 38.3 Å². The summed E-state index contributed by atoms with van der Waals surface area (Å²) < 4.78 is 5.88. The van der Waals surface area contributed by atoms with Crippen molar-refractivity contribution in [3.8, 4) is 16.9 Å². The molecule has 29 heavy (non-hydrogen) atoms. The van der Waals surface area contributed by atoms with Gasteiger partial charge in [-0.3, -0.25) is 4.79 Å². The number of hydrogen-bond acceptors (Lipinski definition) is 2. The van der Waals surface area contributed by atoms with Gasteiger partial charge in [0.05, 0.1) is 11.1 Å². The van der Waals surface area contributed by atoms with Crippen LogP contribution in [0.5, 0.6) is 5.75 Å². The lowest BCUT2D eigenvalue weighted by Crippen LogP contribution is -2.39. The maximum atomic E-state index is 12.7. The fourth-order valence-corrected chi connectivity index (χ4v) is 4.07.